The average Bonchev–Trinajstić information content (AvgIpc) is 2.47. The van der Waals surface area contributed by atoms with Crippen molar-refractivity contribution in [1.82, 2.24) is 15.0 Å². The Labute approximate surface area is 127 Å². The van der Waals surface area contributed by atoms with Gasteiger partial charge in [0, 0.05) is 12.8 Å². The molecule has 0 atom stereocenters. The number of methoxy groups -OCH3 is 1. The number of hydrogen-bond donors (Lipinski definition) is 2. The molecular weight excluding hydrogens is 286 g/mol. The van der Waals surface area contributed by atoms with Crippen molar-refractivity contribution < 1.29 is 14.3 Å². The lowest BCUT2D eigenvalue weighted by molar-refractivity contribution is -0.149. The molecular formula is C14H17N5O3. The van der Waals surface area contributed by atoms with Crippen LogP contribution in [-0.4, -0.2) is 34.6 Å². The van der Waals surface area contributed by atoms with Gasteiger partial charge in [-0.2, -0.15) is 15.0 Å². The van der Waals surface area contributed by atoms with Crippen LogP contribution in [0.1, 0.15) is 11.4 Å². The number of ether oxygens (including phenoxy) is 2. The number of hydrogen-bond acceptors (Lipinski definition) is 8. The first kappa shape index (κ1) is 15.6. The van der Waals surface area contributed by atoms with Crippen LogP contribution in [0.5, 0.6) is 0 Å². The lowest BCUT2D eigenvalue weighted by Crippen LogP contribution is -2.14. The molecule has 0 saturated carbocycles. The normalized spacial score (nSPS) is 10.3. The van der Waals surface area contributed by atoms with E-state index in [2.05, 4.69) is 25.0 Å². The summed E-state index contributed by atoms with van der Waals surface area (Å²) in [4.78, 5) is 23.3. The Bertz CT molecular complexity index is 645. The summed E-state index contributed by atoms with van der Waals surface area (Å²) in [6.45, 7) is 1.77. The van der Waals surface area contributed by atoms with Crippen molar-refractivity contribution in [3.63, 3.8) is 0 Å². The van der Waals surface area contributed by atoms with Crippen LogP contribution in [0.3, 0.4) is 0 Å². The largest absolute Gasteiger partial charge is 0.456 e. The summed E-state index contributed by atoms with van der Waals surface area (Å²) in [5.41, 5.74) is 7.60. The van der Waals surface area contributed by atoms with E-state index < -0.39 is 5.97 Å². The van der Waals surface area contributed by atoms with Gasteiger partial charge < -0.3 is 20.5 Å². The Kier molecular flexibility index (Phi) is 5.21. The molecule has 1 aromatic heterocycles. The molecule has 2 aromatic rings. The minimum absolute atomic E-state index is 0.0439. The third-order valence-electron chi connectivity index (χ3n) is 2.63. The molecule has 0 spiro atoms. The fourth-order valence-electron chi connectivity index (χ4n) is 1.63. The van der Waals surface area contributed by atoms with Crippen molar-refractivity contribution in [2.24, 2.45) is 0 Å². The number of esters is 1. The van der Waals surface area contributed by atoms with Crippen LogP contribution in [0.15, 0.2) is 24.3 Å². The van der Waals surface area contributed by atoms with Gasteiger partial charge in [0.1, 0.15) is 6.61 Å². The number of nitrogens with one attached hydrogen (secondary N) is 1. The van der Waals surface area contributed by atoms with Crippen LogP contribution in [0.4, 0.5) is 17.6 Å². The summed E-state index contributed by atoms with van der Waals surface area (Å²) in [5.74, 6) is 0.0811. The van der Waals surface area contributed by atoms with Gasteiger partial charge in [-0.1, -0.05) is 17.7 Å². The fourth-order valence-corrected chi connectivity index (χ4v) is 1.63. The van der Waals surface area contributed by atoms with Crippen molar-refractivity contribution in [3.8, 4) is 0 Å². The molecule has 116 valence electrons. The van der Waals surface area contributed by atoms with Crippen LogP contribution < -0.4 is 11.1 Å². The van der Waals surface area contributed by atoms with E-state index in [4.69, 9.17) is 10.5 Å². The number of nitrogens with zero attached hydrogens (tertiary/aromatic N) is 3. The number of aryl methyl sites for hydroxylation is 1. The zero-order valence-corrected chi connectivity index (χ0v) is 12.4. The number of carbonyl (C=O) groups is 1. The predicted octanol–water partition coefficient (Wildman–Crippen LogP) is 1.20. The zero-order valence-electron chi connectivity index (χ0n) is 12.4. The van der Waals surface area contributed by atoms with E-state index in [9.17, 15) is 4.79 Å². The summed E-state index contributed by atoms with van der Waals surface area (Å²) in [6.07, 6.45) is 0. The fraction of sp³-hybridized carbons (Fsp3) is 0.286. The van der Waals surface area contributed by atoms with E-state index in [0.29, 0.717) is 0 Å². The van der Waals surface area contributed by atoms with E-state index in [1.807, 2.05) is 31.2 Å². The van der Waals surface area contributed by atoms with Crippen LogP contribution in [-0.2, 0) is 20.9 Å². The molecule has 1 aromatic carbocycles. The molecule has 1 heterocycles. The second-order valence-corrected chi connectivity index (χ2v) is 4.52. The van der Waals surface area contributed by atoms with Crippen LogP contribution in [0.2, 0.25) is 0 Å². The Morgan fingerprint density at radius 1 is 1.23 bits per heavy atom. The Hall–Kier alpha value is -2.74. The molecule has 0 fully saturated rings. The van der Waals surface area contributed by atoms with E-state index in [0.717, 1.165) is 11.3 Å². The highest BCUT2D eigenvalue weighted by Gasteiger charge is 2.08. The summed E-state index contributed by atoms with van der Waals surface area (Å²) in [6, 6.07) is 7.71. The van der Waals surface area contributed by atoms with Gasteiger partial charge >= 0.3 is 5.97 Å². The van der Waals surface area contributed by atoms with E-state index in [1.165, 1.54) is 7.11 Å². The highest BCUT2D eigenvalue weighted by molar-refractivity contribution is 5.70. The number of carbonyl (C=O) groups excluding carboxylic acids is 1. The smallest absolute Gasteiger partial charge is 0.332 e. The Morgan fingerprint density at radius 3 is 2.64 bits per heavy atom. The van der Waals surface area contributed by atoms with E-state index >= 15 is 0 Å². The van der Waals surface area contributed by atoms with Gasteiger partial charge in [-0.05, 0) is 19.1 Å². The van der Waals surface area contributed by atoms with Crippen molar-refractivity contribution in [3.05, 3.63) is 35.7 Å². The quantitative estimate of drug-likeness (QED) is 0.765. The number of aromatic nitrogens is 3. The second kappa shape index (κ2) is 7.32. The summed E-state index contributed by atoms with van der Waals surface area (Å²) >= 11 is 0. The molecule has 0 unspecified atom stereocenters. The maximum atomic E-state index is 11.2. The highest BCUT2D eigenvalue weighted by atomic mass is 16.6. The number of rotatable bonds is 6. The molecule has 0 saturated heterocycles. The van der Waals surface area contributed by atoms with Crippen molar-refractivity contribution >= 4 is 23.6 Å². The van der Waals surface area contributed by atoms with Crippen molar-refractivity contribution in [2.75, 3.05) is 24.8 Å². The zero-order chi connectivity index (χ0) is 15.9. The first-order valence-corrected chi connectivity index (χ1v) is 6.55. The molecule has 0 amide bonds. The second-order valence-electron chi connectivity index (χ2n) is 4.52. The molecule has 8 nitrogen and oxygen atoms in total. The average molecular weight is 303 g/mol. The predicted molar refractivity (Wildman–Crippen MR) is 80.4 cm³/mol. The summed E-state index contributed by atoms with van der Waals surface area (Å²) in [7, 11) is 1.41. The van der Waals surface area contributed by atoms with Gasteiger partial charge in [-0.3, -0.25) is 0 Å². The first-order chi connectivity index (χ1) is 10.6. The maximum Gasteiger partial charge on any atom is 0.332 e. The van der Waals surface area contributed by atoms with Gasteiger partial charge in [0.05, 0.1) is 0 Å². The SMILES string of the molecule is COCC(=O)OCc1nc(N)nc(Nc2ccc(C)cc2)n1. The lowest BCUT2D eigenvalue weighted by Gasteiger charge is -2.08. The molecule has 0 aliphatic heterocycles. The number of anilines is 3. The van der Waals surface area contributed by atoms with Crippen molar-refractivity contribution in [1.29, 1.82) is 0 Å². The third-order valence-corrected chi connectivity index (χ3v) is 2.63. The van der Waals surface area contributed by atoms with Gasteiger partial charge in [-0.25, -0.2) is 4.79 Å². The summed E-state index contributed by atoms with van der Waals surface area (Å²) < 4.78 is 9.61. The molecule has 0 radical (unpaired) electrons. The number of benzene rings is 1. The number of nitrogen functional groups attached to an aromatic ring is 1. The number of nitrogens with two attached hydrogens (primary N) is 1. The molecule has 0 aliphatic carbocycles. The highest BCUT2D eigenvalue weighted by Crippen LogP contribution is 2.14. The molecule has 22 heavy (non-hydrogen) atoms. The van der Waals surface area contributed by atoms with Crippen LogP contribution >= 0.6 is 0 Å². The third kappa shape index (κ3) is 4.67. The molecule has 0 bridgehead atoms. The van der Waals surface area contributed by atoms with Gasteiger partial charge in [0.2, 0.25) is 11.9 Å². The molecule has 2 rings (SSSR count). The summed E-state index contributed by atoms with van der Waals surface area (Å²) in [5, 5.41) is 3.02. The van der Waals surface area contributed by atoms with Gasteiger partial charge in [0.15, 0.2) is 12.4 Å². The van der Waals surface area contributed by atoms with Crippen LogP contribution in [0.25, 0.3) is 0 Å². The molecule has 8 heteroatoms. The Balaban J connectivity index is 2.06. The van der Waals surface area contributed by atoms with E-state index in [-0.39, 0.29) is 30.9 Å². The van der Waals surface area contributed by atoms with Gasteiger partial charge in [-0.15, -0.1) is 0 Å². The van der Waals surface area contributed by atoms with Crippen LogP contribution in [0, 0.1) is 6.92 Å². The monoisotopic (exact) mass is 303 g/mol. The first-order valence-electron chi connectivity index (χ1n) is 6.55. The lowest BCUT2D eigenvalue weighted by atomic mass is 10.2. The Morgan fingerprint density at radius 2 is 1.95 bits per heavy atom. The standard InChI is InChI=1S/C14H17N5O3/c1-9-3-5-10(6-4-9)16-14-18-11(17-13(15)19-14)7-22-12(20)8-21-2/h3-6H,7-8H2,1-2H3,(H3,15,16,17,18,19). The van der Waals surface area contributed by atoms with Gasteiger partial charge in [0.25, 0.3) is 0 Å². The maximum absolute atomic E-state index is 11.2. The van der Waals surface area contributed by atoms with Crippen molar-refractivity contribution in [2.45, 2.75) is 13.5 Å². The minimum atomic E-state index is -0.505. The molecule has 0 aliphatic rings. The minimum Gasteiger partial charge on any atom is -0.456 e. The molecule has 3 N–H and O–H groups in total. The topological polar surface area (TPSA) is 112 Å². The van der Waals surface area contributed by atoms with E-state index in [1.54, 1.807) is 0 Å².